The van der Waals surface area contributed by atoms with Crippen molar-refractivity contribution in [1.82, 2.24) is 21.3 Å². The van der Waals surface area contributed by atoms with E-state index < -0.39 is 53.3 Å². The molecule has 1 heterocycles. The van der Waals surface area contributed by atoms with Crippen molar-refractivity contribution in [1.29, 1.82) is 0 Å². The highest BCUT2D eigenvalue weighted by molar-refractivity contribution is 6.05. The van der Waals surface area contributed by atoms with Gasteiger partial charge in [0.25, 0.3) is 0 Å². The Morgan fingerprint density at radius 2 is 1.50 bits per heavy atom. The number of amides is 4. The van der Waals surface area contributed by atoms with Gasteiger partial charge in [-0.15, -0.1) is 0 Å². The highest BCUT2D eigenvalue weighted by atomic mass is 16.5. The minimum atomic E-state index is -1.58. The number of carboxylic acids is 2. The van der Waals surface area contributed by atoms with Gasteiger partial charge >= 0.3 is 11.9 Å². The van der Waals surface area contributed by atoms with Gasteiger partial charge in [-0.25, -0.2) is 0 Å². The molecule has 50 heavy (non-hydrogen) atoms. The summed E-state index contributed by atoms with van der Waals surface area (Å²) >= 11 is 0. The second-order valence-corrected chi connectivity index (χ2v) is 12.1. The number of carbonyl (C=O) groups is 7. The fraction of sp³-hybridized carbons (Fsp3) is 0.697. The van der Waals surface area contributed by atoms with Crippen LogP contribution in [0.4, 0.5) is 0 Å². The molecule has 1 rings (SSSR count). The van der Waals surface area contributed by atoms with Gasteiger partial charge in [0, 0.05) is 57.9 Å². The maximum absolute atomic E-state index is 13.1. The zero-order valence-electron chi connectivity index (χ0n) is 29.3. The molecular weight excluding hydrogens is 658 g/mol. The van der Waals surface area contributed by atoms with Crippen molar-refractivity contribution < 1.29 is 58.0 Å². The first-order valence-electron chi connectivity index (χ1n) is 16.8. The number of hydrogen-bond donors (Lipinski definition) is 6. The lowest BCUT2D eigenvalue weighted by Crippen LogP contribution is -2.52. The van der Waals surface area contributed by atoms with E-state index in [1.165, 1.54) is 13.8 Å². The van der Waals surface area contributed by atoms with Crippen molar-refractivity contribution in [3.05, 3.63) is 11.8 Å². The third-order valence-electron chi connectivity index (χ3n) is 7.67. The fourth-order valence-corrected chi connectivity index (χ4v) is 4.51. The highest BCUT2D eigenvalue weighted by Gasteiger charge is 2.38. The average molecular weight is 712 g/mol. The summed E-state index contributed by atoms with van der Waals surface area (Å²) < 4.78 is 15.5. The van der Waals surface area contributed by atoms with Crippen molar-refractivity contribution in [2.24, 2.45) is 16.3 Å². The number of nitrogens with zero attached hydrogens (tertiary/aromatic N) is 1. The van der Waals surface area contributed by atoms with Gasteiger partial charge in [-0.1, -0.05) is 6.42 Å². The van der Waals surface area contributed by atoms with Crippen LogP contribution in [0.15, 0.2) is 16.8 Å². The summed E-state index contributed by atoms with van der Waals surface area (Å²) in [6.45, 7) is 6.37. The van der Waals surface area contributed by atoms with Crippen molar-refractivity contribution in [2.45, 2.75) is 78.2 Å². The largest absolute Gasteiger partial charge is 0.481 e. The van der Waals surface area contributed by atoms with Crippen molar-refractivity contribution in [3.8, 4) is 0 Å². The SMILES string of the molecule is CCOCC(=O)NCCOCCOCC(=O)NCCCC[C@H](CCC(=O)[C@H](CCC(=O)O)NC(=O)C(C)(C)C(=O)NCC1=CN=CC1)C(=O)O. The monoisotopic (exact) mass is 711 g/mol. The van der Waals surface area contributed by atoms with Crippen LogP contribution < -0.4 is 21.3 Å². The van der Waals surface area contributed by atoms with Gasteiger partial charge in [0.15, 0.2) is 5.78 Å². The van der Waals surface area contributed by atoms with Crippen molar-refractivity contribution >= 4 is 47.6 Å². The van der Waals surface area contributed by atoms with Gasteiger partial charge in [0.1, 0.15) is 18.6 Å². The van der Waals surface area contributed by atoms with E-state index in [1.54, 1.807) is 19.3 Å². The molecule has 1 aliphatic heterocycles. The van der Waals surface area contributed by atoms with Gasteiger partial charge in [0.05, 0.1) is 31.8 Å². The molecule has 17 nitrogen and oxygen atoms in total. The molecule has 0 saturated heterocycles. The van der Waals surface area contributed by atoms with E-state index >= 15 is 0 Å². The predicted octanol–water partition coefficient (Wildman–Crippen LogP) is 0.359. The Morgan fingerprint density at radius 1 is 0.820 bits per heavy atom. The smallest absolute Gasteiger partial charge is 0.306 e. The molecule has 17 heteroatoms. The molecule has 1 aliphatic rings. The Bertz CT molecular complexity index is 1200. The van der Waals surface area contributed by atoms with E-state index in [4.69, 9.17) is 19.3 Å². The minimum absolute atomic E-state index is 0.00435. The Hall–Kier alpha value is -4.22. The lowest BCUT2D eigenvalue weighted by molar-refractivity contribution is -0.144. The molecule has 2 atom stereocenters. The Morgan fingerprint density at radius 3 is 2.14 bits per heavy atom. The van der Waals surface area contributed by atoms with E-state index in [0.717, 1.165) is 5.57 Å². The third-order valence-corrected chi connectivity index (χ3v) is 7.67. The quantitative estimate of drug-likeness (QED) is 0.0455. The van der Waals surface area contributed by atoms with Crippen LogP contribution >= 0.6 is 0 Å². The van der Waals surface area contributed by atoms with Gasteiger partial charge in [-0.2, -0.15) is 0 Å². The highest BCUT2D eigenvalue weighted by Crippen LogP contribution is 2.20. The number of carboxylic acid groups (broad SMARTS) is 2. The van der Waals surface area contributed by atoms with Crippen LogP contribution in [0, 0.1) is 11.3 Å². The molecule has 4 amide bonds. The number of ether oxygens (including phenoxy) is 3. The second kappa shape index (κ2) is 24.8. The van der Waals surface area contributed by atoms with Gasteiger partial charge < -0.3 is 45.7 Å². The van der Waals surface area contributed by atoms with Crippen LogP contribution in [-0.4, -0.2) is 123 Å². The fourth-order valence-electron chi connectivity index (χ4n) is 4.51. The van der Waals surface area contributed by atoms with Crippen LogP contribution in [0.25, 0.3) is 0 Å². The summed E-state index contributed by atoms with van der Waals surface area (Å²) in [5.74, 6) is -5.60. The Balaban J connectivity index is 2.40. The van der Waals surface area contributed by atoms with Crippen LogP contribution in [-0.2, 0) is 47.8 Å². The topological polar surface area (TPSA) is 248 Å². The molecule has 0 fully saturated rings. The van der Waals surface area contributed by atoms with Crippen molar-refractivity contribution in [2.75, 3.05) is 59.3 Å². The molecule has 0 radical (unpaired) electrons. The number of hydrogen-bond acceptors (Lipinski definition) is 11. The first-order chi connectivity index (χ1) is 23.8. The van der Waals surface area contributed by atoms with Gasteiger partial charge in [-0.05, 0) is 52.0 Å². The van der Waals surface area contributed by atoms with Crippen LogP contribution in [0.5, 0.6) is 0 Å². The van der Waals surface area contributed by atoms with E-state index in [2.05, 4.69) is 26.3 Å². The zero-order chi connectivity index (χ0) is 37.4. The van der Waals surface area contributed by atoms with Crippen molar-refractivity contribution in [3.63, 3.8) is 0 Å². The van der Waals surface area contributed by atoms with E-state index in [9.17, 15) is 38.7 Å². The molecule has 0 saturated carbocycles. The zero-order valence-corrected chi connectivity index (χ0v) is 29.3. The molecule has 0 aromatic heterocycles. The van der Waals surface area contributed by atoms with Crippen LogP contribution in [0.3, 0.4) is 0 Å². The molecule has 0 spiro atoms. The number of aliphatic carboxylic acids is 2. The number of nitrogens with one attached hydrogen (secondary N) is 4. The minimum Gasteiger partial charge on any atom is -0.481 e. The summed E-state index contributed by atoms with van der Waals surface area (Å²) in [4.78, 5) is 89.3. The summed E-state index contributed by atoms with van der Waals surface area (Å²) in [7, 11) is 0. The Kier molecular flexibility index (Phi) is 21.8. The number of carbonyl (C=O) groups excluding carboxylic acids is 5. The lowest BCUT2D eigenvalue weighted by Gasteiger charge is -2.26. The summed E-state index contributed by atoms with van der Waals surface area (Å²) in [5.41, 5.74) is -0.715. The summed E-state index contributed by atoms with van der Waals surface area (Å²) in [5, 5.41) is 29.4. The maximum atomic E-state index is 13.1. The molecule has 6 N–H and O–H groups in total. The Labute approximate surface area is 292 Å². The number of Topliss-reactive ketones (excluding diaryl/α,β-unsaturated/α-hetero) is 1. The second-order valence-electron chi connectivity index (χ2n) is 12.1. The summed E-state index contributed by atoms with van der Waals surface area (Å²) in [6, 6.07) is -1.21. The van der Waals surface area contributed by atoms with E-state index in [1.807, 2.05) is 0 Å². The summed E-state index contributed by atoms with van der Waals surface area (Å²) in [6.07, 6.45) is 4.18. The third kappa shape index (κ3) is 19.1. The molecule has 0 aromatic rings. The van der Waals surface area contributed by atoms with Crippen LogP contribution in [0.2, 0.25) is 0 Å². The molecule has 0 aliphatic carbocycles. The number of unbranched alkanes of at least 4 members (excludes halogenated alkanes) is 1. The number of aliphatic imine (C=N–C) groups is 1. The van der Waals surface area contributed by atoms with Gasteiger partial charge in [0.2, 0.25) is 23.6 Å². The lowest BCUT2D eigenvalue weighted by atomic mass is 9.89. The predicted molar refractivity (Wildman–Crippen MR) is 180 cm³/mol. The maximum Gasteiger partial charge on any atom is 0.306 e. The van der Waals surface area contributed by atoms with E-state index in [-0.39, 0.29) is 77.1 Å². The van der Waals surface area contributed by atoms with Crippen LogP contribution in [0.1, 0.15) is 72.1 Å². The molecule has 0 unspecified atom stereocenters. The number of rotatable bonds is 29. The normalized spacial score (nSPS) is 13.5. The number of ketones is 1. The molecule has 282 valence electrons. The first-order valence-corrected chi connectivity index (χ1v) is 16.8. The molecule has 0 aromatic carbocycles. The molecule has 0 bridgehead atoms. The first kappa shape index (κ1) is 43.8. The average Bonchev–Trinajstić information content (AvgIpc) is 3.60. The molecular formula is C33H53N5O12. The van der Waals surface area contributed by atoms with Gasteiger partial charge in [-0.3, -0.25) is 38.6 Å². The standard InChI is InChI=1S/C33H53N5O12/c1-4-48-21-27(40)36-15-16-49-17-18-50-22-28(41)35-13-6-5-7-24(30(44)45)8-10-26(39)25(9-11-29(42)43)38-32(47)33(2,3)31(46)37-20-23-12-14-34-19-23/h14,19,24-25H,4-13,15-18,20-22H2,1-3H3,(H,35,41)(H,36,40)(H,37,46)(H,38,47)(H,42,43)(H,44,45)/t24-,25+/m1/s1. The van der Waals surface area contributed by atoms with E-state index in [0.29, 0.717) is 39.0 Å².